The van der Waals surface area contributed by atoms with Crippen LogP contribution in [0, 0.1) is 0 Å². The summed E-state index contributed by atoms with van der Waals surface area (Å²) in [5.74, 6) is 0.0905. The quantitative estimate of drug-likeness (QED) is 0.727. The van der Waals surface area contributed by atoms with E-state index in [-0.39, 0.29) is 12.0 Å². The van der Waals surface area contributed by atoms with Gasteiger partial charge in [-0.3, -0.25) is 20.4 Å². The van der Waals surface area contributed by atoms with Crippen LogP contribution in [-0.2, 0) is 10.2 Å². The maximum atomic E-state index is 12.2. The summed E-state index contributed by atoms with van der Waals surface area (Å²) in [4.78, 5) is 24.2. The van der Waals surface area contributed by atoms with E-state index in [0.717, 1.165) is 11.1 Å². The van der Waals surface area contributed by atoms with Crippen molar-refractivity contribution in [1.82, 2.24) is 10.9 Å². The Balaban J connectivity index is 1.87. The van der Waals surface area contributed by atoms with Crippen molar-refractivity contribution in [3.63, 3.8) is 0 Å². The first-order valence-corrected chi connectivity index (χ1v) is 9.38. The summed E-state index contributed by atoms with van der Waals surface area (Å²) in [6.45, 7) is 7.97. The molecule has 0 spiro atoms. The van der Waals surface area contributed by atoms with Crippen LogP contribution in [-0.4, -0.2) is 25.5 Å². The van der Waals surface area contributed by atoms with Crippen LogP contribution in [0.5, 0.6) is 11.5 Å². The average molecular weight is 396 g/mol. The number of nitrogens with one attached hydrogen (secondary N) is 2. The molecule has 0 radical (unpaired) electrons. The Morgan fingerprint density at radius 3 is 2.28 bits per heavy atom. The number of methoxy groups -OCH3 is 1. The Morgan fingerprint density at radius 1 is 1.00 bits per heavy atom. The summed E-state index contributed by atoms with van der Waals surface area (Å²) < 4.78 is 10.8. The van der Waals surface area contributed by atoms with E-state index in [1.807, 2.05) is 43.3 Å². The summed E-state index contributed by atoms with van der Waals surface area (Å²) in [6, 6.07) is 12.7. The number of hydrogen-bond acceptors (Lipinski definition) is 4. The third kappa shape index (κ3) is 6.38. The number of amides is 2. The molecular formula is C23H28N2O4. The van der Waals surface area contributed by atoms with Crippen LogP contribution in [0.15, 0.2) is 48.5 Å². The van der Waals surface area contributed by atoms with Crippen molar-refractivity contribution in [2.45, 2.75) is 33.1 Å². The van der Waals surface area contributed by atoms with Gasteiger partial charge < -0.3 is 9.47 Å². The molecule has 0 aliphatic heterocycles. The van der Waals surface area contributed by atoms with Crippen molar-refractivity contribution in [3.8, 4) is 11.5 Å². The summed E-state index contributed by atoms with van der Waals surface area (Å²) in [7, 11) is 1.53. The highest BCUT2D eigenvalue weighted by atomic mass is 16.5. The van der Waals surface area contributed by atoms with Gasteiger partial charge in [0.1, 0.15) is 0 Å². The molecule has 6 nitrogen and oxygen atoms in total. The zero-order valence-electron chi connectivity index (χ0n) is 17.5. The van der Waals surface area contributed by atoms with Crippen molar-refractivity contribution >= 4 is 17.9 Å². The molecule has 0 fully saturated rings. The van der Waals surface area contributed by atoms with E-state index in [4.69, 9.17) is 9.47 Å². The fourth-order valence-corrected chi connectivity index (χ4v) is 2.60. The normalized spacial score (nSPS) is 11.2. The molecular weight excluding hydrogens is 368 g/mol. The molecule has 6 heteroatoms. The van der Waals surface area contributed by atoms with Crippen LogP contribution >= 0.6 is 0 Å². The lowest BCUT2D eigenvalue weighted by atomic mass is 9.87. The molecule has 0 aromatic heterocycles. The number of allylic oxidation sites excluding steroid dienone is 1. The summed E-state index contributed by atoms with van der Waals surface area (Å²) in [5, 5.41) is 0. The largest absolute Gasteiger partial charge is 0.493 e. The van der Waals surface area contributed by atoms with Crippen LogP contribution in [0.1, 0.15) is 49.2 Å². The van der Waals surface area contributed by atoms with E-state index in [9.17, 15) is 9.59 Å². The van der Waals surface area contributed by atoms with Gasteiger partial charge in [0.2, 0.25) is 0 Å². The fraction of sp³-hybridized carbons (Fsp3) is 0.304. The second-order valence-corrected chi connectivity index (χ2v) is 7.53. The third-order valence-electron chi connectivity index (χ3n) is 4.23. The first-order chi connectivity index (χ1) is 13.7. The lowest BCUT2D eigenvalue weighted by Crippen LogP contribution is -2.43. The molecule has 2 aromatic carbocycles. The Bertz CT molecular complexity index is 881. The molecule has 29 heavy (non-hydrogen) atoms. The minimum absolute atomic E-state index is 0.00659. The summed E-state index contributed by atoms with van der Waals surface area (Å²) >= 11 is 0. The molecule has 2 aromatic rings. The molecule has 0 aliphatic rings. The first-order valence-electron chi connectivity index (χ1n) is 9.38. The number of carbonyl (C=O) groups excluding carboxylic acids is 2. The second-order valence-electron chi connectivity index (χ2n) is 7.53. The lowest BCUT2D eigenvalue weighted by molar-refractivity contribution is -0.123. The van der Waals surface area contributed by atoms with E-state index in [1.165, 1.54) is 7.11 Å². The highest BCUT2D eigenvalue weighted by Crippen LogP contribution is 2.28. The fourth-order valence-electron chi connectivity index (χ4n) is 2.60. The molecule has 154 valence electrons. The third-order valence-corrected chi connectivity index (χ3v) is 4.23. The van der Waals surface area contributed by atoms with E-state index in [0.29, 0.717) is 17.1 Å². The minimum atomic E-state index is -0.482. The van der Waals surface area contributed by atoms with E-state index in [1.54, 1.807) is 18.2 Å². The molecule has 0 atom stereocenters. The summed E-state index contributed by atoms with van der Waals surface area (Å²) in [6.07, 6.45) is 3.85. The predicted octanol–water partition coefficient (Wildman–Crippen LogP) is 3.87. The van der Waals surface area contributed by atoms with Crippen molar-refractivity contribution < 1.29 is 19.1 Å². The summed E-state index contributed by atoms with van der Waals surface area (Å²) in [5.41, 5.74) is 7.29. The molecule has 0 saturated carbocycles. The Morgan fingerprint density at radius 2 is 1.69 bits per heavy atom. The maximum Gasteiger partial charge on any atom is 0.276 e. The molecule has 0 unspecified atom stereocenters. The van der Waals surface area contributed by atoms with Gasteiger partial charge in [0, 0.05) is 5.56 Å². The smallest absolute Gasteiger partial charge is 0.276 e. The Kier molecular flexibility index (Phi) is 7.42. The first kappa shape index (κ1) is 22.0. The number of hydrazine groups is 1. The molecule has 0 heterocycles. The zero-order valence-corrected chi connectivity index (χ0v) is 17.5. The molecule has 0 aliphatic carbocycles. The number of ether oxygens (including phenoxy) is 2. The van der Waals surface area contributed by atoms with Gasteiger partial charge in [-0.1, -0.05) is 51.1 Å². The number of benzene rings is 2. The lowest BCUT2D eigenvalue weighted by Gasteiger charge is -2.19. The van der Waals surface area contributed by atoms with Crippen molar-refractivity contribution in [3.05, 3.63) is 65.2 Å². The zero-order chi connectivity index (χ0) is 21.4. The predicted molar refractivity (Wildman–Crippen MR) is 114 cm³/mol. The SMILES string of the molecule is C/C=C/c1ccc(OCC(=O)NNC(=O)c2ccc(C(C)(C)C)cc2)c(OC)c1. The van der Waals surface area contributed by atoms with Gasteiger partial charge in [0.05, 0.1) is 7.11 Å². The topological polar surface area (TPSA) is 76.7 Å². The van der Waals surface area contributed by atoms with Gasteiger partial charge in [-0.05, 0) is 47.7 Å². The molecule has 2 rings (SSSR count). The van der Waals surface area contributed by atoms with Crippen LogP contribution in [0.2, 0.25) is 0 Å². The number of hydrogen-bond donors (Lipinski definition) is 2. The molecule has 0 bridgehead atoms. The maximum absolute atomic E-state index is 12.2. The van der Waals surface area contributed by atoms with Crippen LogP contribution in [0.4, 0.5) is 0 Å². The Labute approximate surface area is 171 Å². The van der Waals surface area contributed by atoms with E-state index in [2.05, 4.69) is 31.6 Å². The highest BCUT2D eigenvalue weighted by Gasteiger charge is 2.15. The monoisotopic (exact) mass is 396 g/mol. The minimum Gasteiger partial charge on any atom is -0.493 e. The van der Waals surface area contributed by atoms with E-state index < -0.39 is 11.8 Å². The highest BCUT2D eigenvalue weighted by molar-refractivity contribution is 5.95. The second kappa shape index (κ2) is 9.78. The van der Waals surface area contributed by atoms with Crippen molar-refractivity contribution in [2.75, 3.05) is 13.7 Å². The number of rotatable bonds is 6. The van der Waals surface area contributed by atoms with Crippen LogP contribution in [0.3, 0.4) is 0 Å². The van der Waals surface area contributed by atoms with Crippen LogP contribution < -0.4 is 20.3 Å². The van der Waals surface area contributed by atoms with Gasteiger partial charge >= 0.3 is 0 Å². The van der Waals surface area contributed by atoms with E-state index >= 15 is 0 Å². The number of carbonyl (C=O) groups is 2. The van der Waals surface area contributed by atoms with Gasteiger partial charge in [-0.2, -0.15) is 0 Å². The standard InChI is InChI=1S/C23H28N2O4/c1-6-7-16-8-13-19(20(14-16)28-5)29-15-21(26)24-25-22(27)17-9-11-18(12-10-17)23(2,3)4/h6-14H,15H2,1-5H3,(H,24,26)(H,25,27)/b7-6+. The van der Waals surface area contributed by atoms with Gasteiger partial charge in [-0.15, -0.1) is 0 Å². The molecule has 2 N–H and O–H groups in total. The average Bonchev–Trinajstić information content (AvgIpc) is 2.70. The molecule has 2 amide bonds. The van der Waals surface area contributed by atoms with Crippen molar-refractivity contribution in [1.29, 1.82) is 0 Å². The molecule has 0 saturated heterocycles. The van der Waals surface area contributed by atoms with Crippen molar-refractivity contribution in [2.24, 2.45) is 0 Å². The van der Waals surface area contributed by atoms with Gasteiger partial charge in [0.25, 0.3) is 11.8 Å². The van der Waals surface area contributed by atoms with Gasteiger partial charge in [-0.25, -0.2) is 0 Å². The Hall–Kier alpha value is -3.28. The van der Waals surface area contributed by atoms with Crippen LogP contribution in [0.25, 0.3) is 6.08 Å². The van der Waals surface area contributed by atoms with Gasteiger partial charge in [0.15, 0.2) is 18.1 Å².